The Hall–Kier alpha value is -3.08. The highest BCUT2D eigenvalue weighted by Crippen LogP contribution is 2.18. The van der Waals surface area contributed by atoms with Crippen molar-refractivity contribution >= 4 is 22.7 Å². The summed E-state index contributed by atoms with van der Waals surface area (Å²) in [6, 6.07) is 15.6. The van der Waals surface area contributed by atoms with Crippen LogP contribution in [0, 0.1) is 0 Å². The highest BCUT2D eigenvalue weighted by atomic mass is 16.2. The molecule has 0 unspecified atom stereocenters. The van der Waals surface area contributed by atoms with Gasteiger partial charge in [0, 0.05) is 43.3 Å². The third-order valence-corrected chi connectivity index (χ3v) is 4.91. The predicted molar refractivity (Wildman–Crippen MR) is 101 cm³/mol. The number of H-pyrrole nitrogens is 1. The van der Waals surface area contributed by atoms with Crippen LogP contribution in [0.3, 0.4) is 0 Å². The second kappa shape index (κ2) is 7.04. The first-order valence-corrected chi connectivity index (χ1v) is 8.90. The van der Waals surface area contributed by atoms with E-state index in [9.17, 15) is 9.59 Å². The van der Waals surface area contributed by atoms with E-state index in [1.54, 1.807) is 0 Å². The zero-order chi connectivity index (χ0) is 17.9. The van der Waals surface area contributed by atoms with Crippen LogP contribution in [-0.4, -0.2) is 28.2 Å². The number of hydrogen-bond donors (Lipinski definition) is 2. The molecule has 0 bridgehead atoms. The Morgan fingerprint density at radius 1 is 1.12 bits per heavy atom. The van der Waals surface area contributed by atoms with E-state index in [2.05, 4.69) is 10.3 Å². The predicted octanol–water partition coefficient (Wildman–Crippen LogP) is 3.22. The monoisotopic (exact) mass is 347 g/mol. The largest absolute Gasteiger partial charge is 0.361 e. The lowest BCUT2D eigenvalue weighted by atomic mass is 10.1. The van der Waals surface area contributed by atoms with Crippen molar-refractivity contribution in [2.45, 2.75) is 25.9 Å². The van der Waals surface area contributed by atoms with Crippen LogP contribution in [0.2, 0.25) is 0 Å². The van der Waals surface area contributed by atoms with Crippen molar-refractivity contribution in [2.24, 2.45) is 0 Å². The minimum Gasteiger partial charge on any atom is -0.361 e. The molecule has 0 spiro atoms. The first-order valence-electron chi connectivity index (χ1n) is 8.90. The van der Waals surface area contributed by atoms with Crippen LogP contribution in [0.5, 0.6) is 0 Å². The van der Waals surface area contributed by atoms with Gasteiger partial charge in [-0.15, -0.1) is 0 Å². The van der Waals surface area contributed by atoms with Crippen LogP contribution in [0.1, 0.15) is 34.3 Å². The Balaban J connectivity index is 1.45. The molecule has 0 aliphatic carbocycles. The number of benzene rings is 2. The third kappa shape index (κ3) is 3.33. The Morgan fingerprint density at radius 3 is 2.77 bits per heavy atom. The van der Waals surface area contributed by atoms with Gasteiger partial charge in [-0.05, 0) is 41.1 Å². The van der Waals surface area contributed by atoms with Gasteiger partial charge in [0.05, 0.1) is 0 Å². The van der Waals surface area contributed by atoms with Crippen molar-refractivity contribution in [3.8, 4) is 0 Å². The zero-order valence-corrected chi connectivity index (χ0v) is 14.5. The van der Waals surface area contributed by atoms with Gasteiger partial charge in [0.15, 0.2) is 0 Å². The number of amides is 2. The molecule has 1 saturated heterocycles. The van der Waals surface area contributed by atoms with Crippen LogP contribution in [0.4, 0.5) is 0 Å². The standard InChI is InChI=1S/C21H21N3O2/c25-20-6-3-11-24(20)14-18-5-2-1-4-17(18)13-23-21(26)16-8-7-15-9-10-22-19(15)12-16/h1-2,4-5,7-10,12,22H,3,6,11,13-14H2,(H,23,26). The molecule has 2 N–H and O–H groups in total. The van der Waals surface area contributed by atoms with Crippen molar-refractivity contribution in [1.82, 2.24) is 15.2 Å². The lowest BCUT2D eigenvalue weighted by Crippen LogP contribution is -2.26. The second-order valence-electron chi connectivity index (χ2n) is 6.65. The molecule has 3 aromatic rings. The molecule has 2 amide bonds. The fourth-order valence-corrected chi connectivity index (χ4v) is 3.43. The van der Waals surface area contributed by atoms with Crippen LogP contribution in [-0.2, 0) is 17.9 Å². The number of carbonyl (C=O) groups excluding carboxylic acids is 2. The number of aromatic nitrogens is 1. The normalized spacial score (nSPS) is 14.2. The lowest BCUT2D eigenvalue weighted by molar-refractivity contribution is -0.128. The highest BCUT2D eigenvalue weighted by molar-refractivity contribution is 5.97. The Morgan fingerprint density at radius 2 is 1.96 bits per heavy atom. The average molecular weight is 347 g/mol. The number of likely N-dealkylation sites (tertiary alicyclic amines) is 1. The van der Waals surface area contributed by atoms with E-state index in [0.29, 0.717) is 25.1 Å². The molecule has 2 aromatic carbocycles. The maximum atomic E-state index is 12.5. The van der Waals surface area contributed by atoms with Gasteiger partial charge in [0.2, 0.25) is 5.91 Å². The first-order chi connectivity index (χ1) is 12.7. The van der Waals surface area contributed by atoms with Crippen LogP contribution < -0.4 is 5.32 Å². The molecule has 1 aromatic heterocycles. The maximum Gasteiger partial charge on any atom is 0.251 e. The van der Waals surface area contributed by atoms with Crippen molar-refractivity contribution in [3.05, 3.63) is 71.4 Å². The average Bonchev–Trinajstić information content (AvgIpc) is 3.29. The quantitative estimate of drug-likeness (QED) is 0.744. The van der Waals surface area contributed by atoms with Crippen molar-refractivity contribution in [3.63, 3.8) is 0 Å². The topological polar surface area (TPSA) is 65.2 Å². The molecular weight excluding hydrogens is 326 g/mol. The fourth-order valence-electron chi connectivity index (χ4n) is 3.43. The lowest BCUT2D eigenvalue weighted by Gasteiger charge is -2.18. The molecule has 1 aliphatic rings. The van der Waals surface area contributed by atoms with E-state index in [-0.39, 0.29) is 11.8 Å². The van der Waals surface area contributed by atoms with Gasteiger partial charge in [-0.2, -0.15) is 0 Å². The summed E-state index contributed by atoms with van der Waals surface area (Å²) in [6.45, 7) is 1.87. The minimum atomic E-state index is -0.103. The molecule has 0 radical (unpaired) electrons. The molecule has 2 heterocycles. The number of carbonyl (C=O) groups is 2. The minimum absolute atomic E-state index is 0.103. The summed E-state index contributed by atoms with van der Waals surface area (Å²) >= 11 is 0. The molecule has 5 heteroatoms. The Kier molecular flexibility index (Phi) is 4.44. The summed E-state index contributed by atoms with van der Waals surface area (Å²) in [5.74, 6) is 0.108. The molecule has 132 valence electrons. The third-order valence-electron chi connectivity index (χ3n) is 4.91. The van der Waals surface area contributed by atoms with Crippen LogP contribution in [0.25, 0.3) is 10.9 Å². The van der Waals surface area contributed by atoms with Gasteiger partial charge in [0.1, 0.15) is 0 Å². The van der Waals surface area contributed by atoms with Gasteiger partial charge < -0.3 is 15.2 Å². The SMILES string of the molecule is O=C(NCc1ccccc1CN1CCCC1=O)c1ccc2cc[nH]c2c1. The van der Waals surface area contributed by atoms with Crippen molar-refractivity contribution in [2.75, 3.05) is 6.54 Å². The summed E-state index contributed by atoms with van der Waals surface area (Å²) in [5.41, 5.74) is 3.71. The Labute approximate surface area is 152 Å². The smallest absolute Gasteiger partial charge is 0.251 e. The maximum absolute atomic E-state index is 12.5. The number of nitrogens with zero attached hydrogens (tertiary/aromatic N) is 1. The second-order valence-corrected chi connectivity index (χ2v) is 6.65. The number of rotatable bonds is 5. The van der Waals surface area contributed by atoms with Crippen LogP contribution >= 0.6 is 0 Å². The number of fused-ring (bicyclic) bond motifs is 1. The molecule has 0 saturated carbocycles. The van der Waals surface area contributed by atoms with E-state index >= 15 is 0 Å². The van der Waals surface area contributed by atoms with E-state index < -0.39 is 0 Å². The molecule has 0 atom stereocenters. The van der Waals surface area contributed by atoms with E-state index in [1.807, 2.05) is 59.6 Å². The molecular formula is C21H21N3O2. The van der Waals surface area contributed by atoms with Crippen LogP contribution in [0.15, 0.2) is 54.7 Å². The summed E-state index contributed by atoms with van der Waals surface area (Å²) in [4.78, 5) is 29.4. The summed E-state index contributed by atoms with van der Waals surface area (Å²) in [5, 5.41) is 4.08. The van der Waals surface area contributed by atoms with Gasteiger partial charge in [-0.25, -0.2) is 0 Å². The van der Waals surface area contributed by atoms with Crippen molar-refractivity contribution in [1.29, 1.82) is 0 Å². The summed E-state index contributed by atoms with van der Waals surface area (Å²) in [7, 11) is 0. The molecule has 4 rings (SSSR count). The highest BCUT2D eigenvalue weighted by Gasteiger charge is 2.21. The molecule has 5 nitrogen and oxygen atoms in total. The van der Waals surface area contributed by atoms with E-state index in [0.717, 1.165) is 35.0 Å². The van der Waals surface area contributed by atoms with E-state index in [4.69, 9.17) is 0 Å². The Bertz CT molecular complexity index is 961. The number of hydrogen-bond acceptors (Lipinski definition) is 2. The molecule has 1 aliphatic heterocycles. The van der Waals surface area contributed by atoms with Gasteiger partial charge in [-0.1, -0.05) is 30.3 Å². The fraction of sp³-hybridized carbons (Fsp3) is 0.238. The van der Waals surface area contributed by atoms with Gasteiger partial charge in [0.25, 0.3) is 5.91 Å². The first kappa shape index (κ1) is 16.4. The molecule has 1 fully saturated rings. The zero-order valence-electron chi connectivity index (χ0n) is 14.5. The van der Waals surface area contributed by atoms with Crippen molar-refractivity contribution < 1.29 is 9.59 Å². The van der Waals surface area contributed by atoms with E-state index in [1.165, 1.54) is 0 Å². The van der Waals surface area contributed by atoms with Gasteiger partial charge in [-0.3, -0.25) is 9.59 Å². The summed E-state index contributed by atoms with van der Waals surface area (Å²) < 4.78 is 0. The number of aromatic amines is 1. The summed E-state index contributed by atoms with van der Waals surface area (Å²) in [6.07, 6.45) is 3.43. The van der Waals surface area contributed by atoms with Gasteiger partial charge >= 0.3 is 0 Å². The molecule has 26 heavy (non-hydrogen) atoms. The number of nitrogens with one attached hydrogen (secondary N) is 2.